The number of anilines is 1. The summed E-state index contributed by atoms with van der Waals surface area (Å²) in [5.74, 6) is -0.361. The van der Waals surface area contributed by atoms with Crippen LogP contribution in [0.5, 0.6) is 0 Å². The molecule has 0 atom stereocenters. The van der Waals surface area contributed by atoms with E-state index in [-0.39, 0.29) is 15.8 Å². The number of carbonyl (C=O) groups is 1. The van der Waals surface area contributed by atoms with Crippen molar-refractivity contribution >= 4 is 56.2 Å². The van der Waals surface area contributed by atoms with E-state index in [4.69, 9.17) is 23.2 Å². The smallest absolute Gasteiger partial charge is 0.265 e. The number of hydrogen-bond donors (Lipinski definition) is 1. The number of nitrogens with zero attached hydrogens (tertiary/aromatic N) is 1. The van der Waals surface area contributed by atoms with Crippen LogP contribution in [0.25, 0.3) is 0 Å². The van der Waals surface area contributed by atoms with Crippen molar-refractivity contribution in [2.24, 2.45) is 0 Å². The zero-order chi connectivity index (χ0) is 17.9. The number of carbonyl (C=O) groups excluding carboxylic acids is 1. The highest BCUT2D eigenvalue weighted by atomic mass is 35.5. The molecule has 130 valence electrons. The molecule has 0 unspecified atom stereocenters. The van der Waals surface area contributed by atoms with Gasteiger partial charge in [-0.05, 0) is 30.3 Å². The van der Waals surface area contributed by atoms with Gasteiger partial charge in [0.1, 0.15) is 4.90 Å². The van der Waals surface area contributed by atoms with E-state index in [1.165, 1.54) is 16.4 Å². The summed E-state index contributed by atoms with van der Waals surface area (Å²) in [6, 6.07) is 7.60. The average molecular weight is 407 g/mol. The third-order valence-corrected chi connectivity index (χ3v) is 7.07. The van der Waals surface area contributed by atoms with Crippen molar-refractivity contribution in [2.75, 3.05) is 18.4 Å². The van der Waals surface area contributed by atoms with E-state index in [2.05, 4.69) is 5.32 Å². The van der Waals surface area contributed by atoms with Gasteiger partial charge in [0.2, 0.25) is 10.0 Å². The van der Waals surface area contributed by atoms with Crippen LogP contribution in [0.2, 0.25) is 9.36 Å². The summed E-state index contributed by atoms with van der Waals surface area (Å²) < 4.78 is 27.1. The first kappa shape index (κ1) is 19.2. The minimum absolute atomic E-state index is 0.0325. The maximum atomic E-state index is 12.6. The molecule has 1 aromatic carbocycles. The molecular formula is C15H16Cl2N2O3S2. The Balaban J connectivity index is 2.33. The van der Waals surface area contributed by atoms with E-state index in [0.717, 1.165) is 11.3 Å². The van der Waals surface area contributed by atoms with Gasteiger partial charge in [-0.15, -0.1) is 11.3 Å². The van der Waals surface area contributed by atoms with Crippen LogP contribution in [0.4, 0.5) is 5.69 Å². The SMILES string of the molecule is CCN(CC)S(=O)(=O)c1cc(NC(=O)c2ccc(Cl)s2)ccc1Cl. The number of hydrogen-bond acceptors (Lipinski definition) is 4. The predicted octanol–water partition coefficient (Wildman–Crippen LogP) is 4.34. The fourth-order valence-electron chi connectivity index (χ4n) is 2.11. The summed E-state index contributed by atoms with van der Waals surface area (Å²) in [4.78, 5) is 12.6. The van der Waals surface area contributed by atoms with Gasteiger partial charge in [-0.1, -0.05) is 37.0 Å². The Labute approximate surface area is 155 Å². The molecule has 0 spiro atoms. The molecule has 1 heterocycles. The molecule has 0 saturated carbocycles. The molecule has 0 bridgehead atoms. The van der Waals surface area contributed by atoms with Crippen LogP contribution in [-0.4, -0.2) is 31.7 Å². The summed E-state index contributed by atoms with van der Waals surface area (Å²) in [7, 11) is -3.72. The summed E-state index contributed by atoms with van der Waals surface area (Å²) in [5, 5.41) is 2.77. The summed E-state index contributed by atoms with van der Waals surface area (Å²) >= 11 is 13.0. The van der Waals surface area contributed by atoms with Crippen molar-refractivity contribution in [1.82, 2.24) is 4.31 Å². The largest absolute Gasteiger partial charge is 0.321 e. The first-order valence-electron chi connectivity index (χ1n) is 7.16. The minimum atomic E-state index is -3.72. The van der Waals surface area contributed by atoms with Crippen molar-refractivity contribution < 1.29 is 13.2 Å². The van der Waals surface area contributed by atoms with Gasteiger partial charge >= 0.3 is 0 Å². The number of rotatable bonds is 6. The van der Waals surface area contributed by atoms with Gasteiger partial charge in [-0.3, -0.25) is 4.79 Å². The maximum absolute atomic E-state index is 12.6. The van der Waals surface area contributed by atoms with Crippen LogP contribution in [0.1, 0.15) is 23.5 Å². The molecule has 0 saturated heterocycles. The molecule has 1 aromatic heterocycles. The first-order valence-corrected chi connectivity index (χ1v) is 10.2. The van der Waals surface area contributed by atoms with Crippen molar-refractivity contribution in [3.05, 3.63) is 44.6 Å². The van der Waals surface area contributed by atoms with Crippen LogP contribution >= 0.6 is 34.5 Å². The highest BCUT2D eigenvalue weighted by molar-refractivity contribution is 7.89. The topological polar surface area (TPSA) is 66.5 Å². The Morgan fingerprint density at radius 2 is 1.83 bits per heavy atom. The molecule has 0 aliphatic carbocycles. The van der Waals surface area contributed by atoms with Gasteiger partial charge in [0.15, 0.2) is 0 Å². The highest BCUT2D eigenvalue weighted by Gasteiger charge is 2.25. The van der Waals surface area contributed by atoms with Crippen LogP contribution in [-0.2, 0) is 10.0 Å². The average Bonchev–Trinajstić information content (AvgIpc) is 2.96. The molecule has 2 rings (SSSR count). The molecule has 0 radical (unpaired) electrons. The summed E-state index contributed by atoms with van der Waals surface area (Å²) in [5.41, 5.74) is 0.347. The Morgan fingerprint density at radius 1 is 1.17 bits per heavy atom. The monoisotopic (exact) mass is 406 g/mol. The van der Waals surface area contributed by atoms with Gasteiger partial charge in [-0.25, -0.2) is 8.42 Å². The molecule has 0 aliphatic heterocycles. The van der Waals surface area contributed by atoms with E-state index >= 15 is 0 Å². The van der Waals surface area contributed by atoms with Crippen LogP contribution in [0.15, 0.2) is 35.2 Å². The second-order valence-corrected chi connectivity index (χ2v) is 8.82. The standard InChI is InChI=1S/C15H16Cl2N2O3S2/c1-3-19(4-2)24(21,22)13-9-10(5-6-11(13)16)18-15(20)12-7-8-14(17)23-12/h5-9H,3-4H2,1-2H3,(H,18,20). The molecule has 2 aromatic rings. The van der Waals surface area contributed by atoms with Crippen molar-refractivity contribution in [3.8, 4) is 0 Å². The summed E-state index contributed by atoms with van der Waals surface area (Å²) in [6.45, 7) is 4.17. The third-order valence-electron chi connectivity index (χ3n) is 3.31. The number of sulfonamides is 1. The Bertz CT molecular complexity index is 846. The van der Waals surface area contributed by atoms with E-state index in [0.29, 0.717) is 28.0 Å². The fraction of sp³-hybridized carbons (Fsp3) is 0.267. The zero-order valence-corrected chi connectivity index (χ0v) is 16.2. The molecule has 1 N–H and O–H groups in total. The van der Waals surface area contributed by atoms with Gasteiger partial charge in [-0.2, -0.15) is 4.31 Å². The number of thiophene rings is 1. The highest BCUT2D eigenvalue weighted by Crippen LogP contribution is 2.28. The first-order chi connectivity index (χ1) is 11.3. The van der Waals surface area contributed by atoms with Crippen molar-refractivity contribution in [3.63, 3.8) is 0 Å². The van der Waals surface area contributed by atoms with Crippen LogP contribution in [0, 0.1) is 0 Å². The van der Waals surface area contributed by atoms with Crippen molar-refractivity contribution in [1.29, 1.82) is 0 Å². The molecule has 9 heteroatoms. The van der Waals surface area contributed by atoms with Gasteiger partial charge < -0.3 is 5.32 Å². The summed E-state index contributed by atoms with van der Waals surface area (Å²) in [6.07, 6.45) is 0. The fourth-order valence-corrected chi connectivity index (χ4v) is 5.01. The Hall–Kier alpha value is -1.12. The van der Waals surface area contributed by atoms with Crippen LogP contribution < -0.4 is 5.32 Å². The number of halogens is 2. The number of nitrogens with one attached hydrogen (secondary N) is 1. The van der Waals surface area contributed by atoms with E-state index < -0.39 is 10.0 Å². The predicted molar refractivity (Wildman–Crippen MR) is 98.8 cm³/mol. The van der Waals surface area contributed by atoms with E-state index in [1.807, 2.05) is 0 Å². The van der Waals surface area contributed by atoms with Gasteiger partial charge in [0.25, 0.3) is 5.91 Å². The second kappa shape index (κ2) is 7.84. The van der Waals surface area contributed by atoms with E-state index in [1.54, 1.807) is 32.0 Å². The third kappa shape index (κ3) is 4.10. The number of amides is 1. The Morgan fingerprint density at radius 3 is 2.38 bits per heavy atom. The van der Waals surface area contributed by atoms with Crippen molar-refractivity contribution in [2.45, 2.75) is 18.7 Å². The lowest BCUT2D eigenvalue weighted by molar-refractivity contribution is 0.103. The molecule has 0 fully saturated rings. The molecule has 5 nitrogen and oxygen atoms in total. The molecule has 0 aliphatic rings. The maximum Gasteiger partial charge on any atom is 0.265 e. The number of benzene rings is 1. The molecule has 24 heavy (non-hydrogen) atoms. The van der Waals surface area contributed by atoms with Gasteiger partial charge in [0, 0.05) is 18.8 Å². The quantitative estimate of drug-likeness (QED) is 0.775. The van der Waals surface area contributed by atoms with E-state index in [9.17, 15) is 13.2 Å². The second-order valence-electron chi connectivity index (χ2n) is 4.79. The van der Waals surface area contributed by atoms with Crippen LogP contribution in [0.3, 0.4) is 0 Å². The normalized spacial score (nSPS) is 11.7. The lowest BCUT2D eigenvalue weighted by Crippen LogP contribution is -2.30. The Kier molecular flexibility index (Phi) is 6.28. The zero-order valence-electron chi connectivity index (χ0n) is 13.0. The molecular weight excluding hydrogens is 391 g/mol. The minimum Gasteiger partial charge on any atom is -0.321 e. The lowest BCUT2D eigenvalue weighted by Gasteiger charge is -2.19. The lowest BCUT2D eigenvalue weighted by atomic mass is 10.3. The van der Waals surface area contributed by atoms with Gasteiger partial charge in [0.05, 0.1) is 14.2 Å². The molecule has 1 amide bonds.